The van der Waals surface area contributed by atoms with Gasteiger partial charge in [0.05, 0.1) is 48.0 Å². The van der Waals surface area contributed by atoms with Gasteiger partial charge in [0.2, 0.25) is 0 Å². The predicted molar refractivity (Wildman–Crippen MR) is 157 cm³/mol. The van der Waals surface area contributed by atoms with Crippen LogP contribution in [0, 0.1) is 0 Å². The predicted octanol–water partition coefficient (Wildman–Crippen LogP) is 6.15. The minimum absolute atomic E-state index is 0.0760. The average molecular weight is 586 g/mol. The van der Waals surface area contributed by atoms with Crippen molar-refractivity contribution in [2.45, 2.75) is 32.1 Å². The molecule has 3 aromatic carbocycles. The summed E-state index contributed by atoms with van der Waals surface area (Å²) >= 11 is 12.6. The van der Waals surface area contributed by atoms with E-state index in [-0.39, 0.29) is 13.0 Å². The molecule has 0 spiro atoms. The fourth-order valence-electron chi connectivity index (χ4n) is 4.75. The monoisotopic (exact) mass is 585 g/mol. The molecule has 1 aliphatic rings. The summed E-state index contributed by atoms with van der Waals surface area (Å²) < 4.78 is 34.3. The van der Waals surface area contributed by atoms with Gasteiger partial charge in [0.25, 0.3) is 0 Å². The maximum atomic E-state index is 12.7. The number of thiocarbonyl (C=S) groups is 1. The lowest BCUT2D eigenvalue weighted by Gasteiger charge is -2.28. The van der Waals surface area contributed by atoms with Crippen molar-refractivity contribution < 1.29 is 33.2 Å². The number of para-hydroxylation sites is 1. The van der Waals surface area contributed by atoms with Gasteiger partial charge >= 0.3 is 5.97 Å². The molecular formula is C30H32ClNO7S. The number of methoxy groups -OCH3 is 4. The minimum atomic E-state index is -0.801. The highest BCUT2D eigenvalue weighted by atomic mass is 35.5. The van der Waals surface area contributed by atoms with Crippen LogP contribution in [0.3, 0.4) is 0 Å². The van der Waals surface area contributed by atoms with Gasteiger partial charge in [0.1, 0.15) is 28.7 Å². The number of benzene rings is 3. The average Bonchev–Trinajstić information content (AvgIpc) is 3.07. The lowest BCUT2D eigenvalue weighted by atomic mass is 9.97. The van der Waals surface area contributed by atoms with Gasteiger partial charge in [-0.25, -0.2) is 0 Å². The van der Waals surface area contributed by atoms with Gasteiger partial charge < -0.3 is 33.3 Å². The van der Waals surface area contributed by atoms with Crippen molar-refractivity contribution in [3.05, 3.63) is 76.3 Å². The van der Waals surface area contributed by atoms with E-state index < -0.39 is 18.2 Å². The number of anilines is 1. The molecule has 0 N–H and O–H groups in total. The van der Waals surface area contributed by atoms with Crippen molar-refractivity contribution >= 4 is 40.5 Å². The molecule has 0 unspecified atom stereocenters. The second-order valence-electron chi connectivity index (χ2n) is 8.90. The van der Waals surface area contributed by atoms with Crippen molar-refractivity contribution in [3.63, 3.8) is 0 Å². The fourth-order valence-corrected chi connectivity index (χ4v) is 5.23. The van der Waals surface area contributed by atoms with Crippen molar-refractivity contribution in [2.75, 3.05) is 39.9 Å². The highest BCUT2D eigenvalue weighted by molar-refractivity contribution is 7.80. The summed E-state index contributed by atoms with van der Waals surface area (Å²) in [5.41, 5.74) is 3.08. The third-order valence-corrected chi connectivity index (χ3v) is 7.32. The van der Waals surface area contributed by atoms with Crippen LogP contribution in [0.15, 0.2) is 54.6 Å². The number of carbonyl (C=O) groups excluding carboxylic acids is 1. The number of hydrogen-bond donors (Lipinski definition) is 0. The smallest absolute Gasteiger partial charge is 0.308 e. The molecule has 0 fully saturated rings. The third-order valence-electron chi connectivity index (χ3n) is 6.60. The quantitative estimate of drug-likeness (QED) is 0.206. The van der Waals surface area contributed by atoms with E-state index in [0.717, 1.165) is 16.8 Å². The van der Waals surface area contributed by atoms with Crippen LogP contribution < -0.4 is 23.8 Å². The topological polar surface area (TPSA) is 75.7 Å². The van der Waals surface area contributed by atoms with Crippen molar-refractivity contribution in [2.24, 2.45) is 0 Å². The normalized spacial score (nSPS) is 16.6. The number of fused-ring (bicyclic) bond motifs is 1. The molecule has 1 heterocycles. The van der Waals surface area contributed by atoms with Crippen LogP contribution in [0.1, 0.15) is 36.1 Å². The summed E-state index contributed by atoms with van der Waals surface area (Å²) in [4.78, 5) is 15.1. The van der Waals surface area contributed by atoms with Gasteiger partial charge in [-0.05, 0) is 43.3 Å². The maximum Gasteiger partial charge on any atom is 0.308 e. The van der Waals surface area contributed by atoms with E-state index in [9.17, 15) is 4.79 Å². The summed E-state index contributed by atoms with van der Waals surface area (Å²) in [6.07, 6.45) is -1.57. The largest absolute Gasteiger partial charge is 0.497 e. The number of ether oxygens (including phenoxy) is 6. The molecule has 212 valence electrons. The summed E-state index contributed by atoms with van der Waals surface area (Å²) in [5.74, 6) is 1.93. The second-order valence-corrected chi connectivity index (χ2v) is 9.76. The first-order valence-electron chi connectivity index (χ1n) is 12.7. The molecule has 1 aliphatic heterocycles. The van der Waals surface area contributed by atoms with Gasteiger partial charge in [-0.15, -0.1) is 0 Å². The molecule has 4 rings (SSSR count). The van der Waals surface area contributed by atoms with Crippen LogP contribution in [-0.4, -0.2) is 52.1 Å². The van der Waals surface area contributed by atoms with Crippen molar-refractivity contribution in [1.29, 1.82) is 0 Å². The van der Waals surface area contributed by atoms with Crippen LogP contribution in [0.2, 0.25) is 5.02 Å². The summed E-state index contributed by atoms with van der Waals surface area (Å²) in [6.45, 7) is 2.34. The van der Waals surface area contributed by atoms with Crippen LogP contribution in [0.5, 0.6) is 23.0 Å². The van der Waals surface area contributed by atoms with E-state index in [1.165, 1.54) is 0 Å². The van der Waals surface area contributed by atoms with Crippen LogP contribution in [0.25, 0.3) is 0 Å². The van der Waals surface area contributed by atoms with E-state index in [2.05, 4.69) is 0 Å². The molecule has 0 saturated heterocycles. The second kappa shape index (κ2) is 13.2. The van der Waals surface area contributed by atoms with Crippen molar-refractivity contribution in [1.82, 2.24) is 0 Å². The molecule has 2 atom stereocenters. The first kappa shape index (κ1) is 29.5. The molecule has 0 saturated carbocycles. The Morgan fingerprint density at radius 1 is 0.950 bits per heavy atom. The van der Waals surface area contributed by atoms with E-state index in [1.54, 1.807) is 47.5 Å². The molecule has 0 aromatic heterocycles. The Morgan fingerprint density at radius 3 is 2.40 bits per heavy atom. The van der Waals surface area contributed by atoms with Crippen LogP contribution in [-0.2, 0) is 20.8 Å². The zero-order chi connectivity index (χ0) is 28.8. The summed E-state index contributed by atoms with van der Waals surface area (Å²) in [7, 11) is 6.34. The first-order chi connectivity index (χ1) is 19.3. The van der Waals surface area contributed by atoms with Crippen LogP contribution in [0.4, 0.5) is 5.69 Å². The Bertz CT molecular complexity index is 1380. The Morgan fingerprint density at radius 2 is 1.73 bits per heavy atom. The third kappa shape index (κ3) is 6.11. The Kier molecular flexibility index (Phi) is 9.73. The summed E-state index contributed by atoms with van der Waals surface area (Å²) in [6, 6.07) is 16.7. The van der Waals surface area contributed by atoms with Gasteiger partial charge in [-0.2, -0.15) is 0 Å². The molecule has 8 nitrogen and oxygen atoms in total. The number of halogens is 1. The van der Waals surface area contributed by atoms with Crippen LogP contribution >= 0.6 is 23.8 Å². The van der Waals surface area contributed by atoms with Crippen molar-refractivity contribution in [3.8, 4) is 23.0 Å². The fraction of sp³-hybridized carbons (Fsp3) is 0.333. The number of esters is 1. The Labute approximate surface area is 244 Å². The highest BCUT2D eigenvalue weighted by Gasteiger charge is 2.37. The van der Waals surface area contributed by atoms with Gasteiger partial charge in [-0.3, -0.25) is 4.79 Å². The van der Waals surface area contributed by atoms with Gasteiger partial charge in [0, 0.05) is 33.5 Å². The molecule has 0 aliphatic carbocycles. The van der Waals surface area contributed by atoms with Gasteiger partial charge in [-0.1, -0.05) is 36.0 Å². The molecule has 40 heavy (non-hydrogen) atoms. The number of hydrogen-bond acceptors (Lipinski definition) is 8. The lowest BCUT2D eigenvalue weighted by Crippen LogP contribution is -2.39. The molecule has 3 aromatic rings. The van der Waals surface area contributed by atoms with E-state index in [4.69, 9.17) is 52.2 Å². The molecule has 10 heteroatoms. The molecule has 0 radical (unpaired) electrons. The van der Waals surface area contributed by atoms with Gasteiger partial charge in [0.15, 0.2) is 11.5 Å². The summed E-state index contributed by atoms with van der Waals surface area (Å²) in [5, 5.41) is 0.519. The molecular weight excluding hydrogens is 554 g/mol. The minimum Gasteiger partial charge on any atom is -0.497 e. The lowest BCUT2D eigenvalue weighted by molar-refractivity contribution is -0.145. The molecule has 0 amide bonds. The Hall–Kier alpha value is -3.53. The van der Waals surface area contributed by atoms with E-state index in [1.807, 2.05) is 47.4 Å². The SMILES string of the molecule is CCOC(=O)C[C@@H]1O[C@@H](c2cccc(OC)c2OC)c2cc(Cl)ccc2N(Cc2ccc(OC)cc2OC)C1=S. The van der Waals surface area contributed by atoms with E-state index in [0.29, 0.717) is 45.1 Å². The standard InChI is InChI=1S/C30H32ClNO7S/c1-6-38-27(33)16-26-30(40)32(17-18-10-12-20(34-2)15-25(18)36-4)23-13-11-19(31)14-22(23)28(39-26)21-8-7-9-24(35-3)29(21)37-5/h7-15,26,28H,6,16-17H2,1-5H3/t26-,28-/m0/s1. The zero-order valence-corrected chi connectivity index (χ0v) is 24.6. The molecule has 0 bridgehead atoms. The Balaban J connectivity index is 1.90. The maximum absolute atomic E-state index is 12.7. The number of rotatable bonds is 10. The highest BCUT2D eigenvalue weighted by Crippen LogP contribution is 2.46. The first-order valence-corrected chi connectivity index (χ1v) is 13.5. The number of carbonyl (C=O) groups is 1. The number of nitrogens with zero attached hydrogens (tertiary/aromatic N) is 1. The van der Waals surface area contributed by atoms with E-state index >= 15 is 0 Å². The zero-order valence-electron chi connectivity index (χ0n) is 23.1.